The van der Waals surface area contributed by atoms with E-state index < -0.39 is 6.10 Å². The van der Waals surface area contributed by atoms with Gasteiger partial charge < -0.3 is 15.6 Å². The lowest BCUT2D eigenvalue weighted by atomic mass is 10.1. The Morgan fingerprint density at radius 2 is 1.75 bits per heavy atom. The van der Waals surface area contributed by atoms with Crippen LogP contribution in [-0.2, 0) is 6.42 Å². The van der Waals surface area contributed by atoms with E-state index in [9.17, 15) is 5.11 Å². The second kappa shape index (κ2) is 6.60. The zero-order valence-electron chi connectivity index (χ0n) is 11.0. The molecule has 2 aromatic carbocycles. The largest absolute Gasteiger partial charge is 0.491 e. The summed E-state index contributed by atoms with van der Waals surface area (Å²) in [5.41, 5.74) is 7.96. The van der Waals surface area contributed by atoms with Crippen molar-refractivity contribution in [1.82, 2.24) is 0 Å². The summed E-state index contributed by atoms with van der Waals surface area (Å²) in [6.07, 6.45) is -0.316. The van der Waals surface area contributed by atoms with Crippen LogP contribution in [0.4, 0.5) is 5.69 Å². The molecule has 1 unspecified atom stereocenters. The van der Waals surface area contributed by atoms with Gasteiger partial charge in [-0.15, -0.1) is 0 Å². The fourth-order valence-corrected chi connectivity index (χ4v) is 1.78. The van der Waals surface area contributed by atoms with Gasteiger partial charge in [-0.2, -0.15) is 5.26 Å². The molecule has 3 N–H and O–H groups in total. The van der Waals surface area contributed by atoms with Gasteiger partial charge in [0.25, 0.3) is 0 Å². The lowest BCUT2D eigenvalue weighted by Crippen LogP contribution is -2.09. The molecule has 20 heavy (non-hydrogen) atoms. The van der Waals surface area contributed by atoms with Gasteiger partial charge in [-0.05, 0) is 35.4 Å². The van der Waals surface area contributed by atoms with Gasteiger partial charge in [0.1, 0.15) is 18.5 Å². The van der Waals surface area contributed by atoms with Crippen molar-refractivity contribution in [1.29, 1.82) is 5.26 Å². The van der Waals surface area contributed by atoms with Gasteiger partial charge in [-0.3, -0.25) is 0 Å². The molecule has 0 amide bonds. The average Bonchev–Trinajstić information content (AvgIpc) is 2.47. The monoisotopic (exact) mass is 268 g/mol. The minimum absolute atomic E-state index is 0.168. The first kappa shape index (κ1) is 13.9. The molecule has 0 aliphatic heterocycles. The fourth-order valence-electron chi connectivity index (χ4n) is 1.78. The van der Waals surface area contributed by atoms with Crippen LogP contribution >= 0.6 is 0 Å². The van der Waals surface area contributed by atoms with Crippen molar-refractivity contribution in [3.05, 3.63) is 59.7 Å². The predicted octanol–water partition coefficient (Wildman–Crippen LogP) is 2.45. The summed E-state index contributed by atoms with van der Waals surface area (Å²) in [6.45, 7) is 0.168. The molecule has 0 fully saturated rings. The number of nitriles is 1. The Hall–Kier alpha value is -2.51. The van der Waals surface area contributed by atoms with Crippen LogP contribution in [0, 0.1) is 11.3 Å². The molecule has 4 nitrogen and oxygen atoms in total. The molecule has 0 saturated carbocycles. The zero-order chi connectivity index (χ0) is 14.4. The Bertz CT molecular complexity index is 585. The third-order valence-corrected chi connectivity index (χ3v) is 2.94. The second-order valence-electron chi connectivity index (χ2n) is 4.47. The number of nitrogens with two attached hydrogens (primary N) is 1. The topological polar surface area (TPSA) is 79.3 Å². The first-order chi connectivity index (χ1) is 9.69. The van der Waals surface area contributed by atoms with Gasteiger partial charge in [-0.1, -0.05) is 24.3 Å². The average molecular weight is 268 g/mol. The van der Waals surface area contributed by atoms with Gasteiger partial charge in [0.2, 0.25) is 0 Å². The number of anilines is 1. The standard InChI is InChI=1S/C16H16N2O2/c17-10-9-12-1-7-15(8-2-12)20-11-16(19)13-3-5-14(18)6-4-13/h1-8,16,19H,9,11,18H2. The molecule has 0 aromatic heterocycles. The molecule has 0 bridgehead atoms. The minimum Gasteiger partial charge on any atom is -0.491 e. The van der Waals surface area contributed by atoms with Crippen molar-refractivity contribution < 1.29 is 9.84 Å². The highest BCUT2D eigenvalue weighted by atomic mass is 16.5. The Labute approximate surface area is 118 Å². The number of ether oxygens (including phenoxy) is 1. The number of hydrogen-bond donors (Lipinski definition) is 2. The summed E-state index contributed by atoms with van der Waals surface area (Å²) in [5, 5.41) is 18.6. The van der Waals surface area contributed by atoms with Crippen LogP contribution in [0.1, 0.15) is 17.2 Å². The van der Waals surface area contributed by atoms with Gasteiger partial charge >= 0.3 is 0 Å². The first-order valence-corrected chi connectivity index (χ1v) is 6.31. The van der Waals surface area contributed by atoms with Crippen LogP contribution < -0.4 is 10.5 Å². The maximum atomic E-state index is 10.0. The van der Waals surface area contributed by atoms with Crippen LogP contribution in [0.2, 0.25) is 0 Å². The van der Waals surface area contributed by atoms with E-state index in [0.29, 0.717) is 17.9 Å². The third kappa shape index (κ3) is 3.74. The number of aliphatic hydroxyl groups is 1. The van der Waals surface area contributed by atoms with E-state index in [2.05, 4.69) is 6.07 Å². The Morgan fingerprint density at radius 1 is 1.10 bits per heavy atom. The molecule has 102 valence electrons. The maximum absolute atomic E-state index is 10.0. The maximum Gasteiger partial charge on any atom is 0.119 e. The van der Waals surface area contributed by atoms with E-state index in [1.54, 1.807) is 36.4 Å². The summed E-state index contributed by atoms with van der Waals surface area (Å²) in [7, 11) is 0. The molecule has 0 heterocycles. The van der Waals surface area contributed by atoms with Crippen LogP contribution in [0.25, 0.3) is 0 Å². The van der Waals surface area contributed by atoms with E-state index in [4.69, 9.17) is 15.7 Å². The van der Waals surface area contributed by atoms with Crippen molar-refractivity contribution >= 4 is 5.69 Å². The SMILES string of the molecule is N#CCc1ccc(OCC(O)c2ccc(N)cc2)cc1. The van der Waals surface area contributed by atoms with Crippen LogP contribution in [0.5, 0.6) is 5.75 Å². The van der Waals surface area contributed by atoms with E-state index in [1.807, 2.05) is 12.1 Å². The zero-order valence-corrected chi connectivity index (χ0v) is 11.0. The quantitative estimate of drug-likeness (QED) is 0.816. The molecule has 2 rings (SSSR count). The van der Waals surface area contributed by atoms with Crippen molar-refractivity contribution in [2.45, 2.75) is 12.5 Å². The number of aliphatic hydroxyl groups excluding tert-OH is 1. The summed E-state index contributed by atoms with van der Waals surface area (Å²) in [6, 6.07) is 16.4. The van der Waals surface area contributed by atoms with Gasteiger partial charge in [-0.25, -0.2) is 0 Å². The predicted molar refractivity (Wildman–Crippen MR) is 77.1 cm³/mol. The normalized spacial score (nSPS) is 11.6. The van der Waals surface area contributed by atoms with Crippen LogP contribution in [-0.4, -0.2) is 11.7 Å². The van der Waals surface area contributed by atoms with E-state index in [0.717, 1.165) is 11.1 Å². The van der Waals surface area contributed by atoms with Crippen LogP contribution in [0.15, 0.2) is 48.5 Å². The molecule has 2 aromatic rings. The van der Waals surface area contributed by atoms with Crippen molar-refractivity contribution in [3.63, 3.8) is 0 Å². The van der Waals surface area contributed by atoms with Gasteiger partial charge in [0.05, 0.1) is 12.5 Å². The summed E-state index contributed by atoms with van der Waals surface area (Å²) in [5.74, 6) is 0.668. The smallest absolute Gasteiger partial charge is 0.119 e. The molecule has 0 aliphatic rings. The van der Waals surface area contributed by atoms with Crippen LogP contribution in [0.3, 0.4) is 0 Å². The fraction of sp³-hybridized carbons (Fsp3) is 0.188. The summed E-state index contributed by atoms with van der Waals surface area (Å²) < 4.78 is 5.52. The van der Waals surface area contributed by atoms with Gasteiger partial charge in [0, 0.05) is 5.69 Å². The number of nitrogens with zero attached hydrogens (tertiary/aromatic N) is 1. The molecule has 0 radical (unpaired) electrons. The number of rotatable bonds is 5. The van der Waals surface area contributed by atoms with Gasteiger partial charge in [0.15, 0.2) is 0 Å². The molecule has 1 atom stereocenters. The van der Waals surface area contributed by atoms with Crippen molar-refractivity contribution in [2.24, 2.45) is 0 Å². The number of benzene rings is 2. The molecule has 0 saturated heterocycles. The van der Waals surface area contributed by atoms with E-state index in [-0.39, 0.29) is 6.61 Å². The van der Waals surface area contributed by atoms with E-state index >= 15 is 0 Å². The molecule has 0 aliphatic carbocycles. The molecular formula is C16H16N2O2. The minimum atomic E-state index is -0.700. The van der Waals surface area contributed by atoms with Crippen molar-refractivity contribution in [3.8, 4) is 11.8 Å². The molecule has 0 spiro atoms. The Morgan fingerprint density at radius 3 is 2.35 bits per heavy atom. The number of hydrogen-bond acceptors (Lipinski definition) is 4. The summed E-state index contributed by atoms with van der Waals surface area (Å²) in [4.78, 5) is 0. The highest BCUT2D eigenvalue weighted by Crippen LogP contribution is 2.18. The lowest BCUT2D eigenvalue weighted by Gasteiger charge is -2.13. The molecule has 4 heteroatoms. The third-order valence-electron chi connectivity index (χ3n) is 2.94. The Balaban J connectivity index is 1.91. The number of nitrogen functional groups attached to an aromatic ring is 1. The summed E-state index contributed by atoms with van der Waals surface area (Å²) >= 11 is 0. The highest BCUT2D eigenvalue weighted by molar-refractivity contribution is 5.39. The van der Waals surface area contributed by atoms with E-state index in [1.165, 1.54) is 0 Å². The highest BCUT2D eigenvalue weighted by Gasteiger charge is 2.08. The lowest BCUT2D eigenvalue weighted by molar-refractivity contribution is 0.108. The second-order valence-corrected chi connectivity index (χ2v) is 4.47. The Kier molecular flexibility index (Phi) is 4.59. The molecular weight excluding hydrogens is 252 g/mol. The first-order valence-electron chi connectivity index (χ1n) is 6.31. The van der Waals surface area contributed by atoms with Crippen molar-refractivity contribution in [2.75, 3.05) is 12.3 Å².